The van der Waals surface area contributed by atoms with E-state index in [-0.39, 0.29) is 12.7 Å². The van der Waals surface area contributed by atoms with Gasteiger partial charge in [0.05, 0.1) is 25.0 Å². The molecule has 0 spiro atoms. The van der Waals surface area contributed by atoms with Gasteiger partial charge in [-0.2, -0.15) is 4.98 Å². The van der Waals surface area contributed by atoms with E-state index in [1.54, 1.807) is 6.07 Å². The van der Waals surface area contributed by atoms with Crippen molar-refractivity contribution in [1.82, 2.24) is 4.98 Å². The van der Waals surface area contributed by atoms with Crippen LogP contribution in [0.2, 0.25) is 0 Å². The SMILES string of the molecule is CC(C)Oc1nc(NCCCOCCO)ccc1N. The fourth-order valence-electron chi connectivity index (χ4n) is 1.42. The monoisotopic (exact) mass is 269 g/mol. The van der Waals surface area contributed by atoms with Gasteiger partial charge in [-0.25, -0.2) is 0 Å². The van der Waals surface area contributed by atoms with Crippen LogP contribution in [0.25, 0.3) is 0 Å². The molecule has 0 aliphatic heterocycles. The number of ether oxygens (including phenoxy) is 2. The molecule has 0 aliphatic rings. The van der Waals surface area contributed by atoms with Crippen LogP contribution in [0.5, 0.6) is 5.88 Å². The van der Waals surface area contributed by atoms with Crippen molar-refractivity contribution >= 4 is 11.5 Å². The zero-order valence-electron chi connectivity index (χ0n) is 11.6. The first-order valence-electron chi connectivity index (χ1n) is 6.49. The molecule has 0 radical (unpaired) electrons. The van der Waals surface area contributed by atoms with Crippen LogP contribution < -0.4 is 15.8 Å². The third-order valence-corrected chi connectivity index (χ3v) is 2.24. The molecule has 0 saturated carbocycles. The van der Waals surface area contributed by atoms with Crippen LogP contribution >= 0.6 is 0 Å². The lowest BCUT2D eigenvalue weighted by molar-refractivity contribution is 0.0922. The van der Waals surface area contributed by atoms with Crippen LogP contribution in [0.1, 0.15) is 20.3 Å². The van der Waals surface area contributed by atoms with E-state index in [2.05, 4.69) is 10.3 Å². The lowest BCUT2D eigenvalue weighted by Gasteiger charge is -2.13. The third-order valence-electron chi connectivity index (χ3n) is 2.24. The number of aromatic nitrogens is 1. The number of anilines is 2. The number of hydrogen-bond acceptors (Lipinski definition) is 6. The number of nitrogens with zero attached hydrogens (tertiary/aromatic N) is 1. The van der Waals surface area contributed by atoms with E-state index >= 15 is 0 Å². The number of rotatable bonds is 9. The quantitative estimate of drug-likeness (QED) is 0.585. The van der Waals surface area contributed by atoms with E-state index in [4.69, 9.17) is 20.3 Å². The maximum Gasteiger partial charge on any atom is 0.239 e. The Morgan fingerprint density at radius 3 is 2.84 bits per heavy atom. The largest absolute Gasteiger partial charge is 0.473 e. The summed E-state index contributed by atoms with van der Waals surface area (Å²) in [6.07, 6.45) is 0.879. The van der Waals surface area contributed by atoms with Gasteiger partial charge in [0.15, 0.2) is 0 Å². The highest BCUT2D eigenvalue weighted by atomic mass is 16.5. The molecule has 1 aromatic rings. The molecular formula is C13H23N3O3. The van der Waals surface area contributed by atoms with E-state index < -0.39 is 0 Å². The first kappa shape index (κ1) is 15.5. The smallest absolute Gasteiger partial charge is 0.239 e. The van der Waals surface area contributed by atoms with E-state index in [9.17, 15) is 0 Å². The predicted octanol–water partition coefficient (Wildman–Crippen LogP) is 1.26. The second kappa shape index (κ2) is 8.55. The van der Waals surface area contributed by atoms with Crippen molar-refractivity contribution in [3.63, 3.8) is 0 Å². The molecule has 108 valence electrons. The van der Waals surface area contributed by atoms with E-state index in [0.29, 0.717) is 24.8 Å². The van der Waals surface area contributed by atoms with Crippen molar-refractivity contribution in [2.45, 2.75) is 26.4 Å². The molecule has 0 unspecified atom stereocenters. The topological polar surface area (TPSA) is 89.6 Å². The molecule has 6 heteroatoms. The molecule has 0 saturated heterocycles. The summed E-state index contributed by atoms with van der Waals surface area (Å²) in [4.78, 5) is 4.31. The van der Waals surface area contributed by atoms with Crippen molar-refractivity contribution in [2.24, 2.45) is 0 Å². The third kappa shape index (κ3) is 6.26. The molecule has 0 amide bonds. The van der Waals surface area contributed by atoms with Crippen LogP contribution in [-0.2, 0) is 4.74 Å². The Morgan fingerprint density at radius 1 is 1.37 bits per heavy atom. The van der Waals surface area contributed by atoms with Gasteiger partial charge in [-0.05, 0) is 32.4 Å². The Morgan fingerprint density at radius 2 is 2.16 bits per heavy atom. The molecule has 1 aromatic heterocycles. The minimum atomic E-state index is 0.0388. The lowest BCUT2D eigenvalue weighted by atomic mass is 10.3. The second-order valence-corrected chi connectivity index (χ2v) is 4.37. The van der Waals surface area contributed by atoms with Gasteiger partial charge in [-0.15, -0.1) is 0 Å². The van der Waals surface area contributed by atoms with Gasteiger partial charge in [-0.3, -0.25) is 0 Å². The highest BCUT2D eigenvalue weighted by Gasteiger charge is 2.06. The molecule has 0 fully saturated rings. The number of nitrogens with one attached hydrogen (secondary N) is 1. The van der Waals surface area contributed by atoms with Crippen LogP contribution in [0.4, 0.5) is 11.5 Å². The summed E-state index contributed by atoms with van der Waals surface area (Å²) in [5.74, 6) is 1.18. The Kier molecular flexibility index (Phi) is 6.99. The molecule has 0 aliphatic carbocycles. The minimum absolute atomic E-state index is 0.0388. The van der Waals surface area contributed by atoms with Gasteiger partial charge in [0.25, 0.3) is 0 Å². The fourth-order valence-corrected chi connectivity index (χ4v) is 1.42. The van der Waals surface area contributed by atoms with Crippen molar-refractivity contribution < 1.29 is 14.6 Å². The van der Waals surface area contributed by atoms with E-state index in [1.165, 1.54) is 0 Å². The van der Waals surface area contributed by atoms with Crippen molar-refractivity contribution in [3.05, 3.63) is 12.1 Å². The van der Waals surface area contributed by atoms with Crippen LogP contribution in [0, 0.1) is 0 Å². The van der Waals surface area contributed by atoms with Crippen LogP contribution in [0.3, 0.4) is 0 Å². The summed E-state index contributed by atoms with van der Waals surface area (Å²) in [5, 5.41) is 11.7. The van der Waals surface area contributed by atoms with Crippen molar-refractivity contribution in [1.29, 1.82) is 0 Å². The molecule has 19 heavy (non-hydrogen) atoms. The molecular weight excluding hydrogens is 246 g/mol. The summed E-state index contributed by atoms with van der Waals surface area (Å²) in [6, 6.07) is 3.59. The number of aliphatic hydroxyl groups is 1. The Hall–Kier alpha value is -1.53. The van der Waals surface area contributed by atoms with E-state index in [1.807, 2.05) is 19.9 Å². The highest BCUT2D eigenvalue weighted by Crippen LogP contribution is 2.21. The molecule has 0 bridgehead atoms. The zero-order chi connectivity index (χ0) is 14.1. The Balaban J connectivity index is 2.37. The van der Waals surface area contributed by atoms with Gasteiger partial charge >= 0.3 is 0 Å². The fraction of sp³-hybridized carbons (Fsp3) is 0.615. The minimum Gasteiger partial charge on any atom is -0.473 e. The molecule has 1 heterocycles. The normalized spacial score (nSPS) is 10.7. The molecule has 0 atom stereocenters. The summed E-state index contributed by atoms with van der Waals surface area (Å²) < 4.78 is 10.7. The van der Waals surface area contributed by atoms with Gasteiger partial charge in [0.1, 0.15) is 5.82 Å². The summed E-state index contributed by atoms with van der Waals surface area (Å²) >= 11 is 0. The maximum atomic E-state index is 8.55. The number of nitrogens with two attached hydrogens (primary N) is 1. The Bertz CT molecular complexity index is 372. The van der Waals surface area contributed by atoms with Crippen LogP contribution in [0.15, 0.2) is 12.1 Å². The molecule has 6 nitrogen and oxygen atoms in total. The molecule has 0 aromatic carbocycles. The number of aliphatic hydroxyl groups excluding tert-OH is 1. The van der Waals surface area contributed by atoms with Gasteiger partial charge in [-0.1, -0.05) is 0 Å². The standard InChI is InChI=1S/C13H23N3O3/c1-10(2)19-13-11(14)4-5-12(16-13)15-6-3-8-18-9-7-17/h4-5,10,17H,3,6-9,14H2,1-2H3,(H,15,16). The maximum absolute atomic E-state index is 8.55. The number of hydrogen-bond donors (Lipinski definition) is 3. The first-order chi connectivity index (χ1) is 9.13. The first-order valence-corrected chi connectivity index (χ1v) is 6.49. The van der Waals surface area contributed by atoms with E-state index in [0.717, 1.165) is 18.8 Å². The summed E-state index contributed by atoms with van der Waals surface area (Å²) in [6.45, 7) is 5.65. The molecule has 4 N–H and O–H groups in total. The average molecular weight is 269 g/mol. The predicted molar refractivity (Wildman–Crippen MR) is 75.4 cm³/mol. The van der Waals surface area contributed by atoms with Gasteiger partial charge in [0, 0.05) is 13.2 Å². The second-order valence-electron chi connectivity index (χ2n) is 4.37. The average Bonchev–Trinajstić information content (AvgIpc) is 2.37. The van der Waals surface area contributed by atoms with Crippen molar-refractivity contribution in [3.8, 4) is 5.88 Å². The Labute approximate surface area is 113 Å². The van der Waals surface area contributed by atoms with Crippen molar-refractivity contribution in [2.75, 3.05) is 37.4 Å². The van der Waals surface area contributed by atoms with Gasteiger partial charge < -0.3 is 25.6 Å². The van der Waals surface area contributed by atoms with Crippen LogP contribution in [-0.4, -0.2) is 42.6 Å². The lowest BCUT2D eigenvalue weighted by Crippen LogP contribution is -2.11. The molecule has 1 rings (SSSR count). The number of nitrogen functional groups attached to an aromatic ring is 1. The van der Waals surface area contributed by atoms with Gasteiger partial charge in [0.2, 0.25) is 5.88 Å². The summed E-state index contributed by atoms with van der Waals surface area (Å²) in [5.41, 5.74) is 6.32. The number of pyridine rings is 1. The highest BCUT2D eigenvalue weighted by molar-refractivity contribution is 5.53. The zero-order valence-corrected chi connectivity index (χ0v) is 11.6. The summed E-state index contributed by atoms with van der Waals surface area (Å²) in [7, 11) is 0.